The summed E-state index contributed by atoms with van der Waals surface area (Å²) >= 11 is 0. The molecule has 2 aliphatic heterocycles. The molecule has 1 spiro atoms. The Labute approximate surface area is 183 Å². The van der Waals surface area contributed by atoms with Gasteiger partial charge in [-0.3, -0.25) is 19.3 Å². The van der Waals surface area contributed by atoms with Crippen LogP contribution >= 0.6 is 0 Å². The lowest BCUT2D eigenvalue weighted by Crippen LogP contribution is -2.57. The molecule has 1 N–H and O–H groups in total. The monoisotopic (exact) mass is 432 g/mol. The van der Waals surface area contributed by atoms with Gasteiger partial charge in [-0.25, -0.2) is 5.06 Å². The fourth-order valence-electron chi connectivity index (χ4n) is 4.48. The lowest BCUT2D eigenvalue weighted by atomic mass is 9.77. The molecule has 0 bridgehead atoms. The summed E-state index contributed by atoms with van der Waals surface area (Å²) in [4.78, 5) is 33.1. The van der Waals surface area contributed by atoms with Crippen molar-refractivity contribution in [3.05, 3.63) is 29.8 Å². The molecule has 2 fully saturated rings. The molecule has 2 aliphatic rings. The van der Waals surface area contributed by atoms with Crippen molar-refractivity contribution in [1.29, 1.82) is 0 Å². The fourth-order valence-corrected chi connectivity index (χ4v) is 4.48. The number of hydroxylamine groups is 2. The van der Waals surface area contributed by atoms with Crippen LogP contribution in [0.5, 0.6) is 11.5 Å². The number of carbonyl (C=O) groups is 2. The van der Waals surface area contributed by atoms with Crippen molar-refractivity contribution in [2.75, 3.05) is 40.5 Å². The molecule has 1 unspecified atom stereocenters. The first-order chi connectivity index (χ1) is 14.9. The maximum atomic E-state index is 12.6. The second kappa shape index (κ2) is 10.2. The maximum Gasteiger partial charge on any atom is 0.311 e. The molecule has 0 aromatic heterocycles. The van der Waals surface area contributed by atoms with Gasteiger partial charge in [0.1, 0.15) is 0 Å². The summed E-state index contributed by atoms with van der Waals surface area (Å²) in [6, 6.07) is 5.22. The number of carbonyl (C=O) groups excluding carboxylic acids is 2. The van der Waals surface area contributed by atoms with Crippen LogP contribution in [0.1, 0.15) is 38.2 Å². The number of amides is 1. The van der Waals surface area contributed by atoms with E-state index in [4.69, 9.17) is 14.3 Å². The normalized spacial score (nSPS) is 21.2. The van der Waals surface area contributed by atoms with E-state index in [2.05, 4.69) is 11.0 Å². The largest absolute Gasteiger partial charge is 0.504 e. The molecular weight excluding hydrogens is 400 g/mol. The Kier molecular flexibility index (Phi) is 7.56. The Morgan fingerprint density at radius 3 is 2.68 bits per heavy atom. The predicted octanol–water partition coefficient (Wildman–Crippen LogP) is 2.61. The molecule has 170 valence electrons. The summed E-state index contributed by atoms with van der Waals surface area (Å²) in [5.41, 5.74) is 0.304. The Hall–Kier alpha value is -2.58. The molecule has 2 heterocycles. The van der Waals surface area contributed by atoms with E-state index in [0.29, 0.717) is 25.2 Å². The molecule has 1 atom stereocenters. The number of rotatable bonds is 8. The highest BCUT2D eigenvalue weighted by Crippen LogP contribution is 2.44. The van der Waals surface area contributed by atoms with Gasteiger partial charge in [0, 0.05) is 26.1 Å². The summed E-state index contributed by atoms with van der Waals surface area (Å²) in [5, 5.41) is 11.2. The van der Waals surface area contributed by atoms with Gasteiger partial charge in [0.15, 0.2) is 11.5 Å². The quantitative estimate of drug-likeness (QED) is 0.632. The van der Waals surface area contributed by atoms with Crippen LogP contribution in [-0.4, -0.2) is 72.9 Å². The van der Waals surface area contributed by atoms with Gasteiger partial charge in [-0.05, 0) is 37.0 Å². The number of ether oxygens (including phenoxy) is 2. The molecule has 1 aromatic rings. The standard InChI is InChI=1S/C23H32N2O6/c1-4-14-31-25-21(27)16-18(22(28)30-3)23(25)9-12-24(13-10-23)11-5-6-17-7-8-19(26)20(15-17)29-2/h5-8,15,18,26H,4,9-14,16H2,1-3H3/b6-5+. The number of methoxy groups -OCH3 is 2. The number of phenolic OH excluding ortho intramolecular Hbond substituents is 1. The van der Waals surface area contributed by atoms with Crippen LogP contribution in [0.3, 0.4) is 0 Å². The third-order valence-electron chi connectivity index (χ3n) is 6.17. The molecule has 1 amide bonds. The molecule has 3 rings (SSSR count). The molecule has 2 saturated heterocycles. The third-order valence-corrected chi connectivity index (χ3v) is 6.17. The Morgan fingerprint density at radius 2 is 2.03 bits per heavy atom. The number of esters is 1. The van der Waals surface area contributed by atoms with E-state index in [9.17, 15) is 14.7 Å². The van der Waals surface area contributed by atoms with Crippen LogP contribution in [0.4, 0.5) is 0 Å². The zero-order chi connectivity index (χ0) is 22.4. The predicted molar refractivity (Wildman–Crippen MR) is 115 cm³/mol. The number of hydrogen-bond acceptors (Lipinski definition) is 7. The second-order valence-electron chi connectivity index (χ2n) is 8.04. The molecule has 8 heteroatoms. The highest BCUT2D eigenvalue weighted by Gasteiger charge is 2.58. The summed E-state index contributed by atoms with van der Waals surface area (Å²) < 4.78 is 10.1. The van der Waals surface area contributed by atoms with E-state index < -0.39 is 11.5 Å². The molecule has 31 heavy (non-hydrogen) atoms. The van der Waals surface area contributed by atoms with E-state index in [1.54, 1.807) is 12.1 Å². The van der Waals surface area contributed by atoms with Crippen LogP contribution in [0.15, 0.2) is 24.3 Å². The van der Waals surface area contributed by atoms with Crippen LogP contribution < -0.4 is 4.74 Å². The van der Waals surface area contributed by atoms with Gasteiger partial charge in [-0.2, -0.15) is 0 Å². The Morgan fingerprint density at radius 1 is 1.29 bits per heavy atom. The number of hydrogen-bond donors (Lipinski definition) is 1. The first-order valence-electron chi connectivity index (χ1n) is 10.7. The van der Waals surface area contributed by atoms with Crippen LogP contribution in [-0.2, 0) is 19.2 Å². The number of aromatic hydroxyl groups is 1. The zero-order valence-corrected chi connectivity index (χ0v) is 18.5. The number of benzene rings is 1. The zero-order valence-electron chi connectivity index (χ0n) is 18.5. The van der Waals surface area contributed by atoms with Crippen molar-refractivity contribution in [2.24, 2.45) is 5.92 Å². The third kappa shape index (κ3) is 4.85. The van der Waals surface area contributed by atoms with Gasteiger partial charge in [0.05, 0.1) is 32.3 Å². The second-order valence-corrected chi connectivity index (χ2v) is 8.04. The van der Waals surface area contributed by atoms with Crippen molar-refractivity contribution in [1.82, 2.24) is 9.96 Å². The summed E-state index contributed by atoms with van der Waals surface area (Å²) in [7, 11) is 2.89. The minimum Gasteiger partial charge on any atom is -0.504 e. The van der Waals surface area contributed by atoms with Gasteiger partial charge >= 0.3 is 5.97 Å². The van der Waals surface area contributed by atoms with E-state index in [0.717, 1.165) is 31.6 Å². The van der Waals surface area contributed by atoms with Crippen molar-refractivity contribution in [3.63, 3.8) is 0 Å². The minimum atomic E-state index is -0.635. The van der Waals surface area contributed by atoms with Gasteiger partial charge in [-0.1, -0.05) is 25.1 Å². The van der Waals surface area contributed by atoms with E-state index >= 15 is 0 Å². The molecule has 8 nitrogen and oxygen atoms in total. The summed E-state index contributed by atoms with van der Waals surface area (Å²) in [6.45, 7) is 4.67. The first-order valence-corrected chi connectivity index (χ1v) is 10.7. The van der Waals surface area contributed by atoms with E-state index in [-0.39, 0.29) is 24.0 Å². The average Bonchev–Trinajstić information content (AvgIpc) is 3.05. The van der Waals surface area contributed by atoms with Crippen molar-refractivity contribution < 1.29 is 29.0 Å². The molecule has 1 aromatic carbocycles. The van der Waals surface area contributed by atoms with Crippen LogP contribution in [0, 0.1) is 5.92 Å². The van der Waals surface area contributed by atoms with Crippen LogP contribution in [0.25, 0.3) is 6.08 Å². The molecule has 0 radical (unpaired) electrons. The lowest BCUT2D eigenvalue weighted by molar-refractivity contribution is -0.223. The van der Waals surface area contributed by atoms with Crippen molar-refractivity contribution in [3.8, 4) is 11.5 Å². The summed E-state index contributed by atoms with van der Waals surface area (Å²) in [5.74, 6) is -0.427. The van der Waals surface area contributed by atoms with Crippen molar-refractivity contribution >= 4 is 18.0 Å². The number of phenols is 1. The average molecular weight is 433 g/mol. The minimum absolute atomic E-state index is 0.113. The van der Waals surface area contributed by atoms with Gasteiger partial charge in [0.2, 0.25) is 5.91 Å². The lowest BCUT2D eigenvalue weighted by Gasteiger charge is -2.45. The fraction of sp³-hybridized carbons (Fsp3) is 0.565. The van der Waals surface area contributed by atoms with E-state index in [1.807, 2.05) is 19.1 Å². The van der Waals surface area contributed by atoms with Crippen molar-refractivity contribution in [2.45, 2.75) is 38.1 Å². The SMILES string of the molecule is CCCON1C(=O)CC(C(=O)OC)C12CCN(C/C=C/c1ccc(O)c(OC)c1)CC2. The number of nitrogens with zero attached hydrogens (tertiary/aromatic N) is 2. The smallest absolute Gasteiger partial charge is 0.311 e. The number of piperidine rings is 1. The molecular formula is C23H32N2O6. The van der Waals surface area contributed by atoms with Gasteiger partial charge in [-0.15, -0.1) is 0 Å². The van der Waals surface area contributed by atoms with Crippen LogP contribution in [0.2, 0.25) is 0 Å². The van der Waals surface area contributed by atoms with Gasteiger partial charge in [0.25, 0.3) is 0 Å². The Bertz CT molecular complexity index is 816. The highest BCUT2D eigenvalue weighted by atomic mass is 16.7. The first kappa shape index (κ1) is 23.1. The van der Waals surface area contributed by atoms with E-state index in [1.165, 1.54) is 19.3 Å². The highest BCUT2D eigenvalue weighted by molar-refractivity contribution is 5.88. The van der Waals surface area contributed by atoms with Gasteiger partial charge < -0.3 is 14.6 Å². The molecule has 0 aliphatic carbocycles. The maximum absolute atomic E-state index is 12.6. The molecule has 0 saturated carbocycles. The summed E-state index contributed by atoms with van der Waals surface area (Å²) in [6.07, 6.45) is 6.29. The topological polar surface area (TPSA) is 88.5 Å². The number of likely N-dealkylation sites (tertiary alicyclic amines) is 1. The Balaban J connectivity index is 1.65.